The third-order valence-corrected chi connectivity index (χ3v) is 15.5. The maximum atomic E-state index is 14.4. The second-order valence-electron chi connectivity index (χ2n) is 22.0. The number of phenolic OH excluding ortho intramolecular Hbond substituents is 2. The smallest absolute Gasteiger partial charge is 0.338 e. The van der Waals surface area contributed by atoms with Crippen molar-refractivity contribution in [2.24, 2.45) is 0 Å². The van der Waals surface area contributed by atoms with Gasteiger partial charge in [0, 0.05) is 26.0 Å². The van der Waals surface area contributed by atoms with Crippen molar-refractivity contribution in [3.63, 3.8) is 0 Å². The van der Waals surface area contributed by atoms with Crippen LogP contribution in [-0.4, -0.2) is 295 Å². The number of hydrogen-bond donors (Lipinski definition) is 14. The van der Waals surface area contributed by atoms with E-state index in [9.17, 15) is 95.5 Å². The number of carbonyl (C=O) groups excluding carboxylic acids is 5. The highest BCUT2D eigenvalue weighted by molar-refractivity contribution is 5.90. The van der Waals surface area contributed by atoms with Gasteiger partial charge in [-0.2, -0.15) is 0 Å². The molecule has 3 aromatic carbocycles. The fourth-order valence-corrected chi connectivity index (χ4v) is 10.5. The van der Waals surface area contributed by atoms with E-state index in [1.165, 1.54) is 86.0 Å². The van der Waals surface area contributed by atoms with Crippen molar-refractivity contribution in [3.05, 3.63) is 102 Å². The summed E-state index contributed by atoms with van der Waals surface area (Å²) >= 11 is 0. The summed E-state index contributed by atoms with van der Waals surface area (Å²) in [5.41, 5.74) is 0.420. The van der Waals surface area contributed by atoms with Crippen molar-refractivity contribution < 1.29 is 167 Å². The molecule has 5 heterocycles. The fraction of sp³-hybridized carbons (Fsp3) is 0.550. The van der Waals surface area contributed by atoms with E-state index in [0.29, 0.717) is 5.56 Å². The lowest BCUT2D eigenvalue weighted by Crippen LogP contribution is -2.69. The fourth-order valence-electron chi connectivity index (χ4n) is 10.5. The van der Waals surface area contributed by atoms with Crippen LogP contribution in [0.3, 0.4) is 0 Å². The number of rotatable bonds is 25. The largest absolute Gasteiger partial charge is 0.508 e. The summed E-state index contributed by atoms with van der Waals surface area (Å²) in [5, 5.41) is 153. The molecule has 5 aliphatic heterocycles. The number of aliphatic hydroxyl groups is 12. The van der Waals surface area contributed by atoms with Gasteiger partial charge in [0.2, 0.25) is 5.79 Å². The predicted molar refractivity (Wildman–Crippen MR) is 304 cm³/mol. The highest BCUT2D eigenvalue weighted by Crippen LogP contribution is 2.43. The van der Waals surface area contributed by atoms with Gasteiger partial charge in [0.25, 0.3) is 0 Å². The molecule has 14 N–H and O–H groups in total. The Bertz CT molecular complexity index is 3060. The van der Waals surface area contributed by atoms with Crippen LogP contribution < -0.4 is 4.74 Å². The zero-order valence-electron chi connectivity index (χ0n) is 50.2. The summed E-state index contributed by atoms with van der Waals surface area (Å²) in [5.74, 6) is -9.18. The van der Waals surface area contributed by atoms with Gasteiger partial charge in [-0.25, -0.2) is 14.4 Å². The standard InChI is InChI=1S/C60H74O34/c1-26(64)81-23-37-50(89-56-47(76)44(73)41(70)34(20-61)84-56)46(75)49(78)58(86-37)90-52-51(88-40(69)18-13-29-11-16-32(67)33(19-29)80-3)38(24-82-27(2)65)87-59(53(52)91-57-48(77)45(74)42(71)35(21-62)85-57)94-60(25-83-39(68)17-12-28-9-14-31(66)15-10-28)54(43(72)36(22-63)93-60)92-55(79)30-7-5-4-6-8-30/h4-19,34-38,41-54,56-59,61-63,66-67,70-78H,20-25H2,1-3H3/b17-12+,18-13+. The van der Waals surface area contributed by atoms with Crippen LogP contribution in [0.2, 0.25) is 0 Å². The zero-order chi connectivity index (χ0) is 68.3. The van der Waals surface area contributed by atoms with Crippen LogP contribution in [0.5, 0.6) is 17.2 Å². The molecule has 24 atom stereocenters. The SMILES string of the molecule is COc1cc(/C=C/C(=O)OC2C(COC(C)=O)OC(OC3(COC(=O)/C=C/c4ccc(O)cc4)OC(CO)C(O)C3OC(=O)c3ccccc3)C(OC3OC(CO)C(O)C(O)C3O)C2OC2OC(COC(C)=O)C(OC3OC(CO)C(O)C(O)C3O)C(O)C2O)ccc1O. The number of methoxy groups -OCH3 is 1. The monoisotopic (exact) mass is 1340 g/mol. The maximum Gasteiger partial charge on any atom is 0.338 e. The molecule has 0 amide bonds. The molecule has 94 heavy (non-hydrogen) atoms. The van der Waals surface area contributed by atoms with Crippen molar-refractivity contribution in [2.45, 2.75) is 161 Å². The molecule has 34 heteroatoms. The van der Waals surface area contributed by atoms with Gasteiger partial charge in [-0.1, -0.05) is 36.4 Å². The summed E-state index contributed by atoms with van der Waals surface area (Å²) in [6.07, 6.45) is -45.4. The number of aromatic hydroxyl groups is 2. The molecule has 0 radical (unpaired) electrons. The normalized spacial score (nSPS) is 36.0. The number of phenols is 2. The summed E-state index contributed by atoms with van der Waals surface area (Å²) in [6, 6.07) is 16.4. The number of esters is 5. The van der Waals surface area contributed by atoms with Crippen molar-refractivity contribution in [1.29, 1.82) is 0 Å². The Labute approximate surface area is 533 Å². The Morgan fingerprint density at radius 3 is 1.56 bits per heavy atom. The third kappa shape index (κ3) is 17.4. The molecule has 5 saturated heterocycles. The Kier molecular flexibility index (Phi) is 25.3. The van der Waals surface area contributed by atoms with E-state index >= 15 is 0 Å². The molecule has 5 fully saturated rings. The van der Waals surface area contributed by atoms with E-state index in [0.717, 1.165) is 26.0 Å². The molecular weight excluding hydrogens is 1260 g/mol. The lowest BCUT2D eigenvalue weighted by atomic mass is 9.95. The molecule has 0 aromatic heterocycles. The highest BCUT2D eigenvalue weighted by Gasteiger charge is 2.64. The van der Waals surface area contributed by atoms with E-state index < -0.39 is 216 Å². The molecule has 5 aliphatic rings. The van der Waals surface area contributed by atoms with Gasteiger partial charge in [-0.3, -0.25) is 9.59 Å². The van der Waals surface area contributed by atoms with E-state index in [-0.39, 0.29) is 28.4 Å². The molecule has 518 valence electrons. The van der Waals surface area contributed by atoms with Gasteiger partial charge in [-0.15, -0.1) is 0 Å². The lowest BCUT2D eigenvalue weighted by molar-refractivity contribution is -0.423. The van der Waals surface area contributed by atoms with Crippen LogP contribution >= 0.6 is 0 Å². The quantitative estimate of drug-likeness (QED) is 0.0215. The molecule has 0 aliphatic carbocycles. The second-order valence-corrected chi connectivity index (χ2v) is 22.0. The third-order valence-electron chi connectivity index (χ3n) is 15.5. The maximum absolute atomic E-state index is 14.4. The van der Waals surface area contributed by atoms with E-state index in [2.05, 4.69) is 0 Å². The Balaban J connectivity index is 1.29. The van der Waals surface area contributed by atoms with Crippen LogP contribution in [0.25, 0.3) is 12.2 Å². The van der Waals surface area contributed by atoms with Crippen molar-refractivity contribution in [3.8, 4) is 17.2 Å². The van der Waals surface area contributed by atoms with Crippen LogP contribution in [0, 0.1) is 0 Å². The number of ether oxygens (including phenoxy) is 15. The second kappa shape index (κ2) is 32.7. The first-order valence-corrected chi connectivity index (χ1v) is 29.1. The molecule has 0 saturated carbocycles. The molecule has 34 nitrogen and oxygen atoms in total. The minimum atomic E-state index is -3.00. The van der Waals surface area contributed by atoms with Crippen molar-refractivity contribution >= 4 is 42.0 Å². The van der Waals surface area contributed by atoms with E-state index in [1.54, 1.807) is 6.07 Å². The Hall–Kier alpha value is -6.95. The van der Waals surface area contributed by atoms with Gasteiger partial charge in [-0.05, 0) is 59.7 Å². The molecule has 8 rings (SSSR count). The Morgan fingerprint density at radius 2 is 1.00 bits per heavy atom. The molecule has 0 spiro atoms. The average molecular weight is 1340 g/mol. The van der Waals surface area contributed by atoms with Crippen LogP contribution in [0.4, 0.5) is 0 Å². The summed E-state index contributed by atoms with van der Waals surface area (Å²) in [4.78, 5) is 67.5. The molecular formula is C60H74O34. The van der Waals surface area contributed by atoms with E-state index in [1.807, 2.05) is 0 Å². The van der Waals surface area contributed by atoms with Crippen molar-refractivity contribution in [1.82, 2.24) is 0 Å². The first kappa shape index (κ1) is 72.9. The first-order valence-electron chi connectivity index (χ1n) is 29.1. The Morgan fingerprint density at radius 1 is 0.500 bits per heavy atom. The average Bonchev–Trinajstić information content (AvgIpc) is 1.26. The minimum absolute atomic E-state index is 0.0365. The van der Waals surface area contributed by atoms with Crippen LogP contribution in [-0.2, 0) is 85.5 Å². The predicted octanol–water partition coefficient (Wildman–Crippen LogP) is -4.97. The van der Waals surface area contributed by atoms with Gasteiger partial charge >= 0.3 is 29.8 Å². The first-order chi connectivity index (χ1) is 44.8. The summed E-state index contributed by atoms with van der Waals surface area (Å²) in [6.45, 7) is -4.45. The van der Waals surface area contributed by atoms with Gasteiger partial charge in [0.05, 0.1) is 32.5 Å². The van der Waals surface area contributed by atoms with Gasteiger partial charge in [0.15, 0.2) is 48.9 Å². The van der Waals surface area contributed by atoms with Gasteiger partial charge in [0.1, 0.15) is 129 Å². The van der Waals surface area contributed by atoms with Crippen molar-refractivity contribution in [2.75, 3.05) is 46.8 Å². The minimum Gasteiger partial charge on any atom is -0.508 e. The van der Waals surface area contributed by atoms with E-state index in [4.69, 9.17) is 71.1 Å². The number of benzene rings is 3. The summed E-state index contributed by atoms with van der Waals surface area (Å²) in [7, 11) is 1.25. The summed E-state index contributed by atoms with van der Waals surface area (Å²) < 4.78 is 89.0. The molecule has 3 aromatic rings. The molecule has 24 unspecified atom stereocenters. The topological polar surface area (TPSA) is 507 Å². The number of aliphatic hydroxyl groups excluding tert-OH is 12. The zero-order valence-corrected chi connectivity index (χ0v) is 50.2. The number of carbonyl (C=O) groups is 5. The van der Waals surface area contributed by atoms with Gasteiger partial charge < -0.3 is 143 Å². The number of hydrogen-bond acceptors (Lipinski definition) is 34. The van der Waals surface area contributed by atoms with Crippen LogP contribution in [0.1, 0.15) is 35.3 Å². The van der Waals surface area contributed by atoms with Crippen LogP contribution in [0.15, 0.2) is 84.9 Å². The molecule has 0 bridgehead atoms. The lowest BCUT2D eigenvalue weighted by Gasteiger charge is -2.51. The highest BCUT2D eigenvalue weighted by atomic mass is 16.8.